The van der Waals surface area contributed by atoms with Gasteiger partial charge in [-0.1, -0.05) is 18.2 Å². The van der Waals surface area contributed by atoms with E-state index < -0.39 is 18.0 Å². The van der Waals surface area contributed by atoms with Gasteiger partial charge in [0.2, 0.25) is 0 Å². The van der Waals surface area contributed by atoms with E-state index in [1.165, 1.54) is 18.2 Å². The van der Waals surface area contributed by atoms with Crippen LogP contribution in [0.1, 0.15) is 40.1 Å². The third-order valence-electron chi connectivity index (χ3n) is 4.16. The van der Waals surface area contributed by atoms with Gasteiger partial charge in [0.1, 0.15) is 5.75 Å². The average Bonchev–Trinajstić information content (AvgIpc) is 3.12. The van der Waals surface area contributed by atoms with Crippen LogP contribution in [0.25, 0.3) is 0 Å². The largest absolute Gasteiger partial charge is 0.480 e. The highest BCUT2D eigenvalue weighted by Crippen LogP contribution is 2.29. The number of ether oxygens (including phenoxy) is 3. The first-order valence-corrected chi connectivity index (χ1v) is 9.06. The topological polar surface area (TPSA) is 90.9 Å². The van der Waals surface area contributed by atoms with E-state index in [1.807, 2.05) is 24.3 Å². The molecule has 1 amide bonds. The van der Waals surface area contributed by atoms with E-state index in [4.69, 9.17) is 14.2 Å². The zero-order valence-corrected chi connectivity index (χ0v) is 15.7. The van der Waals surface area contributed by atoms with Crippen LogP contribution >= 0.6 is 0 Å². The molecule has 2 aromatic rings. The van der Waals surface area contributed by atoms with Crippen LogP contribution in [0, 0.1) is 0 Å². The van der Waals surface area contributed by atoms with Gasteiger partial charge in [0.25, 0.3) is 5.91 Å². The Morgan fingerprint density at radius 1 is 1.00 bits per heavy atom. The average molecular weight is 383 g/mol. The highest BCUT2D eigenvalue weighted by Gasteiger charge is 2.29. The fourth-order valence-corrected chi connectivity index (χ4v) is 2.92. The number of carbonyl (C=O) groups is 3. The second-order valence-corrected chi connectivity index (χ2v) is 6.15. The summed E-state index contributed by atoms with van der Waals surface area (Å²) in [5.41, 5.74) is 1.55. The maximum atomic E-state index is 12.6. The molecule has 0 aromatic heterocycles. The van der Waals surface area contributed by atoms with Crippen LogP contribution in [0.15, 0.2) is 42.5 Å². The summed E-state index contributed by atoms with van der Waals surface area (Å²) in [4.78, 5) is 36.8. The Hall–Kier alpha value is -3.35. The van der Waals surface area contributed by atoms with E-state index in [0.29, 0.717) is 12.2 Å². The first-order valence-electron chi connectivity index (χ1n) is 9.06. The Bertz CT molecular complexity index is 846. The number of hydrogen-bond acceptors (Lipinski definition) is 6. The van der Waals surface area contributed by atoms with Gasteiger partial charge in [-0.05, 0) is 43.7 Å². The summed E-state index contributed by atoms with van der Waals surface area (Å²) in [5.74, 6) is -0.871. The highest BCUT2D eigenvalue weighted by atomic mass is 16.5. The van der Waals surface area contributed by atoms with Crippen molar-refractivity contribution in [3.63, 3.8) is 0 Å². The number of amides is 1. The lowest BCUT2D eigenvalue weighted by molar-refractivity contribution is -0.122. The summed E-state index contributed by atoms with van der Waals surface area (Å²) in [5, 5.41) is 2.71. The molecule has 7 heteroatoms. The van der Waals surface area contributed by atoms with Crippen molar-refractivity contribution in [2.75, 3.05) is 18.5 Å². The molecule has 1 aliphatic heterocycles. The van der Waals surface area contributed by atoms with Gasteiger partial charge in [-0.25, -0.2) is 9.59 Å². The summed E-state index contributed by atoms with van der Waals surface area (Å²) >= 11 is 0. The molecular formula is C21H21NO6. The van der Waals surface area contributed by atoms with Gasteiger partial charge >= 0.3 is 11.9 Å². The summed E-state index contributed by atoms with van der Waals surface area (Å²) < 4.78 is 15.7. The Morgan fingerprint density at radius 2 is 1.61 bits per heavy atom. The van der Waals surface area contributed by atoms with Crippen molar-refractivity contribution in [2.24, 2.45) is 0 Å². The van der Waals surface area contributed by atoms with Gasteiger partial charge in [-0.3, -0.25) is 4.79 Å². The molecule has 1 atom stereocenters. The Kier molecular flexibility index (Phi) is 5.93. The molecular weight excluding hydrogens is 362 g/mol. The summed E-state index contributed by atoms with van der Waals surface area (Å²) in [6, 6.07) is 11.7. The lowest BCUT2D eigenvalue weighted by atomic mass is 10.1. The molecule has 1 N–H and O–H groups in total. The van der Waals surface area contributed by atoms with Crippen LogP contribution in [0.2, 0.25) is 0 Å². The van der Waals surface area contributed by atoms with Crippen molar-refractivity contribution in [3.8, 4) is 5.75 Å². The van der Waals surface area contributed by atoms with Crippen molar-refractivity contribution in [1.82, 2.24) is 0 Å². The van der Waals surface area contributed by atoms with E-state index in [-0.39, 0.29) is 35.9 Å². The van der Waals surface area contributed by atoms with Crippen LogP contribution in [0.4, 0.5) is 5.69 Å². The number of fused-ring (bicyclic) bond motifs is 1. The molecule has 28 heavy (non-hydrogen) atoms. The van der Waals surface area contributed by atoms with E-state index in [2.05, 4.69) is 5.32 Å². The zero-order valence-electron chi connectivity index (χ0n) is 15.7. The standard InChI is InChI=1S/C21H21NO6/c1-3-26-20(24)14-9-15(21(25)27-4-2)11-16(10-14)22-19(23)18-12-13-7-5-6-8-17(13)28-18/h5-11,18H,3-4,12H2,1-2H3,(H,22,23). The third kappa shape index (κ3) is 4.31. The summed E-state index contributed by atoms with van der Waals surface area (Å²) in [7, 11) is 0. The van der Waals surface area contributed by atoms with Gasteiger partial charge in [0.15, 0.2) is 6.10 Å². The highest BCUT2D eigenvalue weighted by molar-refractivity contribution is 6.00. The van der Waals surface area contributed by atoms with E-state index in [0.717, 1.165) is 5.56 Å². The van der Waals surface area contributed by atoms with E-state index in [9.17, 15) is 14.4 Å². The second-order valence-electron chi connectivity index (χ2n) is 6.15. The molecule has 7 nitrogen and oxygen atoms in total. The molecule has 3 rings (SSSR count). The molecule has 0 radical (unpaired) electrons. The normalized spacial score (nSPS) is 14.6. The van der Waals surface area contributed by atoms with Crippen molar-refractivity contribution < 1.29 is 28.6 Å². The van der Waals surface area contributed by atoms with Crippen molar-refractivity contribution >= 4 is 23.5 Å². The zero-order chi connectivity index (χ0) is 20.1. The van der Waals surface area contributed by atoms with Crippen LogP contribution in [-0.2, 0) is 20.7 Å². The lowest BCUT2D eigenvalue weighted by Crippen LogP contribution is -2.31. The molecule has 146 valence electrons. The second kappa shape index (κ2) is 8.56. The Morgan fingerprint density at radius 3 is 2.18 bits per heavy atom. The van der Waals surface area contributed by atoms with Crippen molar-refractivity contribution in [3.05, 3.63) is 59.2 Å². The molecule has 0 fully saturated rings. The first-order chi connectivity index (χ1) is 13.5. The number of esters is 2. The minimum atomic E-state index is -0.685. The maximum absolute atomic E-state index is 12.6. The van der Waals surface area contributed by atoms with Gasteiger partial charge in [-0.15, -0.1) is 0 Å². The SMILES string of the molecule is CCOC(=O)c1cc(NC(=O)C2Cc3ccccc3O2)cc(C(=O)OCC)c1. The number of hydrogen-bond donors (Lipinski definition) is 1. The van der Waals surface area contributed by atoms with Gasteiger partial charge in [-0.2, -0.15) is 0 Å². The number of benzene rings is 2. The maximum Gasteiger partial charge on any atom is 0.338 e. The minimum absolute atomic E-state index is 0.151. The van der Waals surface area contributed by atoms with Crippen LogP contribution in [-0.4, -0.2) is 37.2 Å². The Balaban J connectivity index is 1.81. The first kappa shape index (κ1) is 19.4. The Labute approximate surface area is 162 Å². The van der Waals surface area contributed by atoms with Crippen molar-refractivity contribution in [2.45, 2.75) is 26.4 Å². The minimum Gasteiger partial charge on any atom is -0.480 e. The number of carbonyl (C=O) groups excluding carboxylic acids is 3. The molecule has 0 saturated carbocycles. The van der Waals surface area contributed by atoms with Crippen LogP contribution in [0.3, 0.4) is 0 Å². The van der Waals surface area contributed by atoms with Gasteiger partial charge in [0, 0.05) is 12.1 Å². The number of anilines is 1. The van der Waals surface area contributed by atoms with Crippen LogP contribution < -0.4 is 10.1 Å². The van der Waals surface area contributed by atoms with E-state index >= 15 is 0 Å². The summed E-state index contributed by atoms with van der Waals surface area (Å²) in [6.45, 7) is 3.76. The molecule has 1 heterocycles. The fraction of sp³-hybridized carbons (Fsp3) is 0.286. The summed E-state index contributed by atoms with van der Waals surface area (Å²) in [6.07, 6.45) is -0.237. The number of para-hydroxylation sites is 1. The van der Waals surface area contributed by atoms with Gasteiger partial charge < -0.3 is 19.5 Å². The predicted octanol–water partition coefficient (Wildman–Crippen LogP) is 2.98. The molecule has 0 bridgehead atoms. The fourth-order valence-electron chi connectivity index (χ4n) is 2.92. The number of nitrogens with one attached hydrogen (secondary N) is 1. The molecule has 0 spiro atoms. The van der Waals surface area contributed by atoms with E-state index in [1.54, 1.807) is 13.8 Å². The lowest BCUT2D eigenvalue weighted by Gasteiger charge is -2.13. The quantitative estimate of drug-likeness (QED) is 0.771. The monoisotopic (exact) mass is 383 g/mol. The van der Waals surface area contributed by atoms with Gasteiger partial charge in [0.05, 0.1) is 24.3 Å². The number of rotatable bonds is 6. The van der Waals surface area contributed by atoms with Crippen LogP contribution in [0.5, 0.6) is 5.75 Å². The predicted molar refractivity (Wildman–Crippen MR) is 102 cm³/mol. The molecule has 1 unspecified atom stereocenters. The third-order valence-corrected chi connectivity index (χ3v) is 4.16. The molecule has 2 aromatic carbocycles. The molecule has 0 saturated heterocycles. The smallest absolute Gasteiger partial charge is 0.338 e. The molecule has 1 aliphatic rings. The molecule has 0 aliphatic carbocycles. The van der Waals surface area contributed by atoms with Crippen molar-refractivity contribution in [1.29, 1.82) is 0 Å².